The fraction of sp³-hybridized carbons (Fsp3) is 0.0909. The lowest BCUT2D eigenvalue weighted by molar-refractivity contribution is 0.631. The maximum absolute atomic E-state index is 6.74. The van der Waals surface area contributed by atoms with Gasteiger partial charge in [-0.25, -0.2) is 0 Å². The fourth-order valence-electron chi connectivity index (χ4n) is 12.5. The summed E-state index contributed by atoms with van der Waals surface area (Å²) in [5.74, 6) is 0. The van der Waals surface area contributed by atoms with Crippen molar-refractivity contribution in [1.82, 2.24) is 0 Å². The Hall–Kier alpha value is -8.38. The van der Waals surface area contributed by atoms with E-state index in [9.17, 15) is 0 Å². The molecule has 0 bridgehead atoms. The van der Waals surface area contributed by atoms with E-state index in [0.717, 1.165) is 55.3 Å². The standard InChI is InChI=1S/C66H50N2O2Si/c1-65(2)53-23-11-15-27-57(53)67(58-28-16-12-24-54(58)65)43-31-35-61-49(39-43)51-41-47(33-37-63(51)69-61)71(45-19-7-5-8-20-45,46-21-9-6-10-22-46)48-34-38-64-52(42-48)50-40-44(32-36-62(50)70-64)68-59-29-17-13-25-55(59)66(3,4)56-26-14-18-30-60(56)68/h5-42H,1-4H3. The molecule has 2 aliphatic heterocycles. The summed E-state index contributed by atoms with van der Waals surface area (Å²) in [4.78, 5) is 4.87. The van der Waals surface area contributed by atoms with Crippen molar-refractivity contribution in [2.45, 2.75) is 38.5 Å². The van der Waals surface area contributed by atoms with Gasteiger partial charge in [-0.1, -0.05) is 185 Å². The van der Waals surface area contributed by atoms with E-state index < -0.39 is 8.07 Å². The third-order valence-electron chi connectivity index (χ3n) is 16.0. The van der Waals surface area contributed by atoms with E-state index in [1.54, 1.807) is 0 Å². The molecule has 0 saturated carbocycles. The van der Waals surface area contributed by atoms with E-state index in [4.69, 9.17) is 8.83 Å². The molecule has 4 heterocycles. The second-order valence-electron chi connectivity index (χ2n) is 20.5. The zero-order valence-electron chi connectivity index (χ0n) is 40.2. The lowest BCUT2D eigenvalue weighted by Gasteiger charge is -2.42. The monoisotopic (exact) mass is 930 g/mol. The normalized spacial score (nSPS) is 14.6. The summed E-state index contributed by atoms with van der Waals surface area (Å²) in [6, 6.07) is 85.2. The molecule has 0 unspecified atom stereocenters. The second-order valence-corrected chi connectivity index (χ2v) is 24.3. The van der Waals surface area contributed by atoms with Crippen molar-refractivity contribution >= 4 is 107 Å². The van der Waals surface area contributed by atoms with E-state index in [1.165, 1.54) is 65.8 Å². The molecule has 14 rings (SSSR count). The van der Waals surface area contributed by atoms with Crippen LogP contribution in [0.5, 0.6) is 0 Å². The highest BCUT2D eigenvalue weighted by atomic mass is 28.3. The number of anilines is 6. The summed E-state index contributed by atoms with van der Waals surface area (Å²) in [5.41, 5.74) is 15.4. The summed E-state index contributed by atoms with van der Waals surface area (Å²) in [6.07, 6.45) is 0. The molecule has 5 heteroatoms. The number of hydrogen-bond donors (Lipinski definition) is 0. The van der Waals surface area contributed by atoms with Gasteiger partial charge < -0.3 is 18.6 Å². The van der Waals surface area contributed by atoms with Gasteiger partial charge in [-0.15, -0.1) is 0 Å². The first-order chi connectivity index (χ1) is 34.7. The number of hydrogen-bond acceptors (Lipinski definition) is 4. The molecule has 0 amide bonds. The van der Waals surface area contributed by atoms with Crippen LogP contribution in [-0.4, -0.2) is 8.07 Å². The van der Waals surface area contributed by atoms with E-state index in [-0.39, 0.29) is 10.8 Å². The highest BCUT2D eigenvalue weighted by molar-refractivity contribution is 7.20. The van der Waals surface area contributed by atoms with Crippen molar-refractivity contribution in [2.75, 3.05) is 9.80 Å². The van der Waals surface area contributed by atoms with Crippen LogP contribution in [0.4, 0.5) is 34.1 Å². The molecule has 0 spiro atoms. The van der Waals surface area contributed by atoms with E-state index in [1.807, 2.05) is 0 Å². The molecule has 12 aromatic rings. The quantitative estimate of drug-likeness (QED) is 0.123. The van der Waals surface area contributed by atoms with Gasteiger partial charge in [-0.05, 0) is 116 Å². The minimum Gasteiger partial charge on any atom is -0.456 e. The number of fused-ring (bicyclic) bond motifs is 10. The summed E-state index contributed by atoms with van der Waals surface area (Å²) in [5, 5.41) is 9.57. The molecule has 0 radical (unpaired) electrons. The Morgan fingerprint density at radius 1 is 0.296 bits per heavy atom. The van der Waals surface area contributed by atoms with Crippen LogP contribution in [0.1, 0.15) is 49.9 Å². The molecule has 71 heavy (non-hydrogen) atoms. The first-order valence-electron chi connectivity index (χ1n) is 24.7. The van der Waals surface area contributed by atoms with Crippen molar-refractivity contribution in [1.29, 1.82) is 0 Å². The Morgan fingerprint density at radius 3 is 0.944 bits per heavy atom. The minimum absolute atomic E-state index is 0.148. The van der Waals surface area contributed by atoms with Crippen LogP contribution in [0, 0.1) is 0 Å². The molecule has 10 aromatic carbocycles. The lowest BCUT2D eigenvalue weighted by Crippen LogP contribution is -2.74. The highest BCUT2D eigenvalue weighted by Gasteiger charge is 2.43. The molecule has 0 N–H and O–H groups in total. The summed E-state index contributed by atoms with van der Waals surface area (Å²) in [6.45, 7) is 9.35. The maximum Gasteiger partial charge on any atom is 0.179 e. The van der Waals surface area contributed by atoms with Crippen LogP contribution < -0.4 is 30.5 Å². The molecular formula is C66H50N2O2Si. The average molecular weight is 931 g/mol. The van der Waals surface area contributed by atoms with Crippen LogP contribution in [0.3, 0.4) is 0 Å². The predicted molar refractivity (Wildman–Crippen MR) is 298 cm³/mol. The van der Waals surface area contributed by atoms with E-state index >= 15 is 0 Å². The first-order valence-corrected chi connectivity index (χ1v) is 26.7. The maximum atomic E-state index is 6.74. The number of nitrogens with zero attached hydrogens (tertiary/aromatic N) is 2. The minimum atomic E-state index is -3.07. The molecule has 0 fully saturated rings. The van der Waals surface area contributed by atoms with Gasteiger partial charge in [0.15, 0.2) is 8.07 Å². The van der Waals surface area contributed by atoms with Crippen LogP contribution >= 0.6 is 0 Å². The SMILES string of the molecule is CC1(C)c2ccccc2N(c2ccc3oc4ccc([Si](c5ccccc5)(c5ccccc5)c5ccc6oc7ccc(N8c9ccccc9C(C)(C)c9ccccc98)cc7c6c5)cc4c3c2)c2ccccc21. The van der Waals surface area contributed by atoms with Gasteiger partial charge in [0.25, 0.3) is 0 Å². The van der Waals surface area contributed by atoms with Gasteiger partial charge in [-0.3, -0.25) is 0 Å². The van der Waals surface area contributed by atoms with Gasteiger partial charge in [-0.2, -0.15) is 0 Å². The molecular weight excluding hydrogens is 881 g/mol. The van der Waals surface area contributed by atoms with Crippen molar-refractivity contribution in [3.8, 4) is 0 Å². The largest absolute Gasteiger partial charge is 0.456 e. The van der Waals surface area contributed by atoms with E-state index in [2.05, 4.69) is 268 Å². The van der Waals surface area contributed by atoms with Crippen molar-refractivity contribution < 1.29 is 8.83 Å². The summed E-state index contributed by atoms with van der Waals surface area (Å²) >= 11 is 0. The molecule has 4 nitrogen and oxygen atoms in total. The molecule has 340 valence electrons. The summed E-state index contributed by atoms with van der Waals surface area (Å²) < 4.78 is 13.5. The van der Waals surface area contributed by atoms with Crippen LogP contribution in [0.2, 0.25) is 0 Å². The third-order valence-corrected chi connectivity index (χ3v) is 20.7. The van der Waals surface area contributed by atoms with Gasteiger partial charge in [0.2, 0.25) is 0 Å². The Balaban J connectivity index is 0.982. The Morgan fingerprint density at radius 2 is 0.592 bits per heavy atom. The van der Waals surface area contributed by atoms with Gasteiger partial charge in [0.1, 0.15) is 22.3 Å². The van der Waals surface area contributed by atoms with Gasteiger partial charge in [0, 0.05) is 43.7 Å². The predicted octanol–water partition coefficient (Wildman–Crippen LogP) is 15.1. The molecule has 0 atom stereocenters. The van der Waals surface area contributed by atoms with Crippen molar-refractivity contribution in [2.24, 2.45) is 0 Å². The average Bonchev–Trinajstić information content (AvgIpc) is 3.97. The lowest BCUT2D eigenvalue weighted by atomic mass is 9.73. The molecule has 2 aromatic heterocycles. The topological polar surface area (TPSA) is 32.8 Å². The Kier molecular flexibility index (Phi) is 8.96. The van der Waals surface area contributed by atoms with Crippen molar-refractivity contribution in [3.05, 3.63) is 253 Å². The first kappa shape index (κ1) is 41.6. The van der Waals surface area contributed by atoms with Gasteiger partial charge >= 0.3 is 0 Å². The number of rotatable bonds is 6. The van der Waals surface area contributed by atoms with Crippen molar-refractivity contribution in [3.63, 3.8) is 0 Å². The number of para-hydroxylation sites is 4. The zero-order valence-corrected chi connectivity index (χ0v) is 41.2. The number of furan rings is 2. The molecule has 0 aliphatic carbocycles. The Bertz CT molecular complexity index is 3730. The second kappa shape index (κ2) is 15.3. The Labute approximate surface area is 414 Å². The zero-order chi connectivity index (χ0) is 47.6. The van der Waals surface area contributed by atoms with Crippen LogP contribution in [0.25, 0.3) is 43.9 Å². The number of benzene rings is 10. The molecule has 2 aliphatic rings. The van der Waals surface area contributed by atoms with Crippen LogP contribution in [0.15, 0.2) is 239 Å². The van der Waals surface area contributed by atoms with E-state index in [0.29, 0.717) is 0 Å². The fourth-order valence-corrected chi connectivity index (χ4v) is 17.3. The van der Waals surface area contributed by atoms with Gasteiger partial charge in [0.05, 0.1) is 22.7 Å². The van der Waals surface area contributed by atoms with Crippen LogP contribution in [-0.2, 0) is 10.8 Å². The highest BCUT2D eigenvalue weighted by Crippen LogP contribution is 2.54. The smallest absolute Gasteiger partial charge is 0.179 e. The summed E-state index contributed by atoms with van der Waals surface area (Å²) in [7, 11) is -3.07. The molecule has 0 saturated heterocycles. The third kappa shape index (κ3) is 5.96.